The summed E-state index contributed by atoms with van der Waals surface area (Å²) in [6, 6.07) is 30.8. The topological polar surface area (TPSA) is 202 Å². The van der Waals surface area contributed by atoms with E-state index in [4.69, 9.17) is 10.3 Å². The van der Waals surface area contributed by atoms with Crippen molar-refractivity contribution in [2.75, 3.05) is 13.1 Å². The Labute approximate surface area is 529 Å². The van der Waals surface area contributed by atoms with Crippen LogP contribution in [-0.4, -0.2) is 82.9 Å². The molecular weight excluding hydrogens is 1120 g/mol. The van der Waals surface area contributed by atoms with Gasteiger partial charge in [0.15, 0.2) is 23.0 Å². The third-order valence-corrected chi connectivity index (χ3v) is 25.7. The number of rotatable bonds is 15. The van der Waals surface area contributed by atoms with Crippen molar-refractivity contribution in [1.29, 1.82) is 0 Å². The van der Waals surface area contributed by atoms with Gasteiger partial charge in [-0.15, -0.1) is 0 Å². The van der Waals surface area contributed by atoms with Gasteiger partial charge >= 0.3 is 0 Å². The van der Waals surface area contributed by atoms with Crippen molar-refractivity contribution in [2.45, 2.75) is 170 Å². The van der Waals surface area contributed by atoms with Crippen LogP contribution in [0.2, 0.25) is 0 Å². The molecule has 0 amide bonds. The van der Waals surface area contributed by atoms with Crippen LogP contribution in [0.15, 0.2) is 140 Å². The molecule has 6 aliphatic carbocycles. The summed E-state index contributed by atoms with van der Waals surface area (Å²) in [6.07, 6.45) is 41.6. The largest absolute Gasteiger partial charge is 0.507 e. The number of aromatic nitrogens is 3. The highest BCUT2D eigenvalue weighted by Gasteiger charge is 2.78. The molecule has 7 aromatic rings. The Hall–Kier alpha value is -7.09. The Bertz CT molecular complexity index is 3890. The van der Waals surface area contributed by atoms with E-state index in [1.54, 1.807) is 18.2 Å². The number of nitrogens with one attached hydrogen (secondary N) is 5. The molecule has 2 saturated heterocycles. The molecule has 5 saturated carbocycles. The predicted octanol–water partition coefficient (Wildman–Crippen LogP) is 14.0. The smallest absolute Gasteiger partial charge is 0.169 e. The molecule has 12 heteroatoms. The molecule has 90 heavy (non-hydrogen) atoms. The second kappa shape index (κ2) is 22.9. The summed E-state index contributed by atoms with van der Waals surface area (Å²) < 4.78 is 0. The van der Waals surface area contributed by atoms with Gasteiger partial charge in [-0.05, 0) is 204 Å². The molecule has 5 aromatic carbocycles. The van der Waals surface area contributed by atoms with E-state index in [2.05, 4.69) is 112 Å². The maximum atomic E-state index is 13.3. The molecule has 5 heterocycles. The number of aromatic amines is 2. The first-order valence-electron chi connectivity index (χ1n) is 34.4. The van der Waals surface area contributed by atoms with E-state index in [-0.39, 0.29) is 86.4 Å². The number of imidazole rings is 1. The number of hydrogen-bond acceptors (Lipinski definition) is 10. The lowest BCUT2D eigenvalue weighted by molar-refractivity contribution is -0.217. The van der Waals surface area contributed by atoms with Crippen LogP contribution in [-0.2, 0) is 31.1 Å². The van der Waals surface area contributed by atoms with E-state index in [1.165, 1.54) is 135 Å². The first kappa shape index (κ1) is 58.0. The highest BCUT2D eigenvalue weighted by atomic mass is 16.3. The molecule has 11 N–H and O–H groups in total. The van der Waals surface area contributed by atoms with Crippen molar-refractivity contribution < 1.29 is 30.6 Å². The molecule has 2 aromatic heterocycles. The zero-order valence-electron chi connectivity index (χ0n) is 51.9. The SMILES string of the molecule is Oc1ccc(/C=C/c2c(CCc3ccc([C@H]4C[C@@]5(C[C@@H]6N[C@H](C5)[C@@H](c5ccccc5)C=C6CNCCc5c[nH]cc5CC5CCCC5)[C@H]5C[C@H]6CCC[C@@]67CC[C@@]68CCC[C@@H]6C=C[C@H](O)[C@@H]8[C@@]7(c6cnc[nH]6)[C@H]5N4)cc3)c(O)c(O)c3c(O)cccc23)cc1O. The number of aromatic hydroxyl groups is 5. The summed E-state index contributed by atoms with van der Waals surface area (Å²) >= 11 is 0. The van der Waals surface area contributed by atoms with Crippen LogP contribution < -0.4 is 16.0 Å². The van der Waals surface area contributed by atoms with Crippen molar-refractivity contribution in [1.82, 2.24) is 30.9 Å². The highest BCUT2D eigenvalue weighted by molar-refractivity contribution is 6.03. The molecule has 12 nitrogen and oxygen atoms in total. The number of benzene rings is 5. The van der Waals surface area contributed by atoms with Gasteiger partial charge < -0.3 is 56.6 Å². The normalized spacial score (nSPS) is 33.5. The van der Waals surface area contributed by atoms with Crippen LogP contribution in [0.1, 0.15) is 165 Å². The molecule has 2 bridgehead atoms. The summed E-state index contributed by atoms with van der Waals surface area (Å²) in [7, 11) is 0. The Morgan fingerprint density at radius 2 is 1.52 bits per heavy atom. The Balaban J connectivity index is 0.774. The van der Waals surface area contributed by atoms with Crippen molar-refractivity contribution in [3.8, 4) is 28.7 Å². The lowest BCUT2D eigenvalue weighted by Crippen LogP contribution is -2.78. The number of phenols is 5. The minimum absolute atomic E-state index is 0.00198. The quantitative estimate of drug-likeness (QED) is 0.0203. The van der Waals surface area contributed by atoms with Gasteiger partial charge in [-0.2, -0.15) is 0 Å². The minimum Gasteiger partial charge on any atom is -0.507 e. The maximum Gasteiger partial charge on any atom is 0.169 e. The highest BCUT2D eigenvalue weighted by Crippen LogP contribution is 2.79. The zero-order chi connectivity index (χ0) is 60.9. The fourth-order valence-electron chi connectivity index (χ4n) is 22.0. The number of aliphatic hydroxyl groups is 1. The molecule has 3 spiro atoms. The molecule has 14 atom stereocenters. The fourth-order valence-corrected chi connectivity index (χ4v) is 22.0. The van der Waals surface area contributed by atoms with Gasteiger partial charge in [-0.1, -0.05) is 142 Å². The van der Waals surface area contributed by atoms with Crippen molar-refractivity contribution in [2.24, 2.45) is 45.8 Å². The zero-order valence-corrected chi connectivity index (χ0v) is 51.9. The number of H-pyrrole nitrogens is 2. The Kier molecular flexibility index (Phi) is 14.8. The van der Waals surface area contributed by atoms with Crippen LogP contribution in [0.4, 0.5) is 0 Å². The van der Waals surface area contributed by atoms with Crippen LogP contribution in [0, 0.1) is 45.8 Å². The fraction of sp³-hybridized carbons (Fsp3) is 0.474. The van der Waals surface area contributed by atoms with E-state index >= 15 is 0 Å². The standard InChI is InChI=1S/C78H90N6O6/c85-65-27-21-49(36-68(65)88)20-25-57-58-15-6-16-66(86)70(58)72(90)71(89)59(57)26-19-47-17-22-51(23-18-47)62-39-75(40-63-54(37-60(64(41-75)83-63)50-11-2-1-3-12-50)44-79-34-29-52-42-80-43-53(52)35-48-9-4-5-10-48)61-38-56-14-8-31-77(56)33-32-76-30-7-13-55(76)24-28-67(87)73(76)78(77,74(61)84-62)69-45-81-46-82-69/h1-3,6,11-12,15-18,20-25,27-28,36-37,42-43,45-46,48,55-56,60-64,67,73-74,79-80,83-90H,4-5,7-10,13-14,19,26,29-35,38-41,44H2,(H,81,82)/b25-20+/t55-,56-,60-,61+,62-,63+,64-,67+,73+,74+,75+,76+,77-,78+/m1/s1. The number of phenolic OH excluding ortho intramolecular Hbond substituents is 5. The number of aliphatic hydroxyl groups excluding tert-OH is 1. The first-order valence-corrected chi connectivity index (χ1v) is 34.4. The summed E-state index contributed by atoms with van der Waals surface area (Å²) in [5.41, 5.74) is 10.8. The molecular formula is C78H90N6O6. The molecule has 0 radical (unpaired) electrons. The van der Waals surface area contributed by atoms with E-state index in [1.807, 2.05) is 18.5 Å². The van der Waals surface area contributed by atoms with Gasteiger partial charge in [-0.3, -0.25) is 0 Å². The summed E-state index contributed by atoms with van der Waals surface area (Å²) in [5, 5.41) is 81.9. The number of piperidine rings is 2. The van der Waals surface area contributed by atoms with Gasteiger partial charge in [0.1, 0.15) is 5.75 Å². The molecule has 3 aliphatic heterocycles. The van der Waals surface area contributed by atoms with Gasteiger partial charge in [-0.25, -0.2) is 4.98 Å². The summed E-state index contributed by atoms with van der Waals surface area (Å²) in [4.78, 5) is 12.4. The van der Waals surface area contributed by atoms with Gasteiger partial charge in [0.25, 0.3) is 0 Å². The number of fused-ring (bicyclic) bond motifs is 7. The van der Waals surface area contributed by atoms with Gasteiger partial charge in [0.05, 0.1) is 17.8 Å². The van der Waals surface area contributed by atoms with Crippen molar-refractivity contribution in [3.05, 3.63) is 190 Å². The number of hydrogen-bond donors (Lipinski definition) is 11. The second-order valence-electron chi connectivity index (χ2n) is 29.6. The third-order valence-electron chi connectivity index (χ3n) is 25.7. The predicted molar refractivity (Wildman–Crippen MR) is 354 cm³/mol. The first-order chi connectivity index (χ1) is 43.9. The van der Waals surface area contributed by atoms with Crippen molar-refractivity contribution >= 4 is 22.9 Å². The summed E-state index contributed by atoms with van der Waals surface area (Å²) in [6.45, 7) is 1.77. The van der Waals surface area contributed by atoms with E-state index in [0.29, 0.717) is 52.7 Å². The van der Waals surface area contributed by atoms with Crippen LogP contribution in [0.5, 0.6) is 28.7 Å². The summed E-state index contributed by atoms with van der Waals surface area (Å²) in [5.74, 6) is 1.18. The lowest BCUT2D eigenvalue weighted by atomic mass is 9.31. The maximum absolute atomic E-state index is 13.3. The van der Waals surface area contributed by atoms with E-state index in [0.717, 1.165) is 56.7 Å². The number of aryl methyl sites for hydroxylation is 1. The number of nitrogens with zero attached hydrogens (tertiary/aromatic N) is 1. The average Bonchev–Trinajstić information content (AvgIpc) is 1.12. The third kappa shape index (κ3) is 9.36. The van der Waals surface area contributed by atoms with Gasteiger partial charge in [0.2, 0.25) is 0 Å². The Morgan fingerprint density at radius 1 is 0.689 bits per heavy atom. The molecule has 16 rings (SSSR count). The molecule has 468 valence electrons. The van der Waals surface area contributed by atoms with E-state index in [9.17, 15) is 30.6 Å². The number of allylic oxidation sites excluding steroid dienone is 1. The van der Waals surface area contributed by atoms with Gasteiger partial charge in [0, 0.05) is 77.8 Å². The molecule has 0 unspecified atom stereocenters. The minimum atomic E-state index is -0.565. The Morgan fingerprint density at radius 3 is 2.36 bits per heavy atom. The monoisotopic (exact) mass is 1210 g/mol. The van der Waals surface area contributed by atoms with Crippen LogP contribution in [0.3, 0.4) is 0 Å². The molecule has 9 aliphatic rings. The second-order valence-corrected chi connectivity index (χ2v) is 29.6. The average molecular weight is 1210 g/mol. The van der Waals surface area contributed by atoms with Crippen LogP contribution >= 0.6 is 0 Å². The van der Waals surface area contributed by atoms with Crippen molar-refractivity contribution in [3.63, 3.8) is 0 Å². The van der Waals surface area contributed by atoms with E-state index < -0.39 is 11.5 Å². The molecule has 7 fully saturated rings. The van der Waals surface area contributed by atoms with Crippen LogP contribution in [0.25, 0.3) is 22.9 Å². The lowest BCUT2D eigenvalue weighted by Gasteiger charge is -2.75.